The largest absolute Gasteiger partial charge is 0.464 e. The molecule has 6 heteroatoms. The molecule has 0 radical (unpaired) electrons. The van der Waals surface area contributed by atoms with E-state index in [0.717, 1.165) is 52.4 Å². The third-order valence-electron chi connectivity index (χ3n) is 5.77. The van der Waals surface area contributed by atoms with Crippen molar-refractivity contribution in [3.05, 3.63) is 78.1 Å². The zero-order valence-corrected chi connectivity index (χ0v) is 17.1. The number of anilines is 1. The van der Waals surface area contributed by atoms with Crippen LogP contribution >= 0.6 is 0 Å². The Kier molecular flexibility index (Phi) is 5.04. The van der Waals surface area contributed by atoms with Crippen molar-refractivity contribution >= 4 is 39.2 Å². The molecule has 3 aromatic carbocycles. The van der Waals surface area contributed by atoms with Crippen molar-refractivity contribution in [3.8, 4) is 0 Å². The Hall–Kier alpha value is -3.80. The lowest BCUT2D eigenvalue weighted by molar-refractivity contribution is -0.127. The zero-order chi connectivity index (χ0) is 21.2. The summed E-state index contributed by atoms with van der Waals surface area (Å²) in [6, 6.07) is 20.1. The van der Waals surface area contributed by atoms with Crippen LogP contribution in [0, 0.1) is 0 Å². The highest BCUT2D eigenvalue weighted by Crippen LogP contribution is 2.30. The molecule has 2 heterocycles. The number of nitrogens with zero attached hydrogens (tertiary/aromatic N) is 1. The first kappa shape index (κ1) is 19.2. The molecule has 0 bridgehead atoms. The van der Waals surface area contributed by atoms with E-state index in [1.54, 1.807) is 6.26 Å². The van der Waals surface area contributed by atoms with Gasteiger partial charge in [-0.15, -0.1) is 0 Å². The molecule has 0 saturated carbocycles. The number of hydrogen-bond donors (Lipinski definition) is 2. The lowest BCUT2D eigenvalue weighted by atomic mass is 10.0. The van der Waals surface area contributed by atoms with Gasteiger partial charge in [0, 0.05) is 23.2 Å². The van der Waals surface area contributed by atoms with Gasteiger partial charge in [0.25, 0.3) is 5.91 Å². The Morgan fingerprint density at radius 2 is 1.74 bits per heavy atom. The molecule has 0 atom stereocenters. The summed E-state index contributed by atoms with van der Waals surface area (Å²) in [4.78, 5) is 27.0. The molecule has 1 aliphatic heterocycles. The maximum Gasteiger partial charge on any atom is 0.257 e. The Morgan fingerprint density at radius 1 is 0.935 bits per heavy atom. The van der Waals surface area contributed by atoms with Crippen LogP contribution in [0.1, 0.15) is 17.5 Å². The summed E-state index contributed by atoms with van der Waals surface area (Å²) in [5.74, 6) is -0.532. The number of aryl methyl sites for hydroxylation is 1. The fraction of sp³-hybridized carbons (Fsp3) is 0.200. The van der Waals surface area contributed by atoms with Gasteiger partial charge in [-0.25, -0.2) is 0 Å². The van der Waals surface area contributed by atoms with E-state index in [1.165, 1.54) is 5.56 Å². The van der Waals surface area contributed by atoms with Crippen molar-refractivity contribution < 1.29 is 14.0 Å². The van der Waals surface area contributed by atoms with Crippen molar-refractivity contribution in [1.29, 1.82) is 0 Å². The van der Waals surface area contributed by atoms with Crippen LogP contribution in [-0.4, -0.2) is 24.9 Å². The molecular formula is C25H23N3O3. The smallest absolute Gasteiger partial charge is 0.257 e. The fourth-order valence-corrected chi connectivity index (χ4v) is 4.35. The lowest BCUT2D eigenvalue weighted by Gasteiger charge is -2.30. The van der Waals surface area contributed by atoms with E-state index < -0.39 is 0 Å². The zero-order valence-electron chi connectivity index (χ0n) is 17.1. The number of nitrogens with one attached hydrogen (secondary N) is 2. The molecule has 0 saturated heterocycles. The molecule has 5 rings (SSSR count). The van der Waals surface area contributed by atoms with Gasteiger partial charge >= 0.3 is 0 Å². The molecule has 2 amide bonds. The first-order valence-corrected chi connectivity index (χ1v) is 10.5. The van der Waals surface area contributed by atoms with Gasteiger partial charge in [0.05, 0.1) is 19.2 Å². The first-order valence-electron chi connectivity index (χ1n) is 10.5. The quantitative estimate of drug-likeness (QED) is 0.500. The maximum atomic E-state index is 12.5. The molecule has 2 N–H and O–H groups in total. The van der Waals surface area contributed by atoms with E-state index in [9.17, 15) is 9.59 Å². The summed E-state index contributed by atoms with van der Waals surface area (Å²) in [7, 11) is 0. The van der Waals surface area contributed by atoms with Gasteiger partial charge in [-0.05, 0) is 41.3 Å². The number of amides is 2. The van der Waals surface area contributed by atoms with Crippen molar-refractivity contribution in [3.63, 3.8) is 0 Å². The minimum atomic E-state index is -0.289. The minimum Gasteiger partial charge on any atom is -0.464 e. The monoisotopic (exact) mass is 413 g/mol. The van der Waals surface area contributed by atoms with E-state index in [0.29, 0.717) is 0 Å². The van der Waals surface area contributed by atoms with Crippen LogP contribution in [-0.2, 0) is 22.4 Å². The number of carbonyl (C=O) groups excluding carboxylic acids is 2. The Morgan fingerprint density at radius 3 is 2.68 bits per heavy atom. The standard InChI is InChI=1S/C25H23N3O3/c29-23(14-19-16-31-22-12-11-17-6-1-3-9-20(17)25(19)22)26-27-24(30)15-28-13-5-8-18-7-2-4-10-21(18)28/h1-4,6-7,9-12,16H,5,8,13-15H2,(H,26,29)(H,27,30). The third-order valence-corrected chi connectivity index (χ3v) is 5.77. The van der Waals surface area contributed by atoms with Gasteiger partial charge in [-0.2, -0.15) is 0 Å². The van der Waals surface area contributed by atoms with Crippen LogP contribution in [0.25, 0.3) is 21.7 Å². The van der Waals surface area contributed by atoms with E-state index in [4.69, 9.17) is 4.42 Å². The van der Waals surface area contributed by atoms with Gasteiger partial charge in [0.15, 0.2) is 0 Å². The van der Waals surface area contributed by atoms with Gasteiger partial charge in [-0.3, -0.25) is 20.4 Å². The molecule has 156 valence electrons. The number of fused-ring (bicyclic) bond motifs is 4. The summed E-state index contributed by atoms with van der Waals surface area (Å²) in [5, 5.41) is 3.07. The fourth-order valence-electron chi connectivity index (χ4n) is 4.35. The highest BCUT2D eigenvalue weighted by Gasteiger charge is 2.19. The van der Waals surface area contributed by atoms with Crippen LogP contribution in [0.5, 0.6) is 0 Å². The summed E-state index contributed by atoms with van der Waals surface area (Å²) in [5.41, 5.74) is 8.97. The highest BCUT2D eigenvalue weighted by molar-refractivity contribution is 6.08. The van der Waals surface area contributed by atoms with Crippen molar-refractivity contribution in [1.82, 2.24) is 10.9 Å². The van der Waals surface area contributed by atoms with E-state index >= 15 is 0 Å². The molecular weight excluding hydrogens is 390 g/mol. The Bertz CT molecular complexity index is 1280. The number of hydrogen-bond acceptors (Lipinski definition) is 4. The Balaban J connectivity index is 1.23. The molecule has 0 fully saturated rings. The summed E-state index contributed by atoms with van der Waals surface area (Å²) in [6.07, 6.45) is 3.77. The van der Waals surface area contributed by atoms with Crippen LogP contribution in [0.4, 0.5) is 5.69 Å². The van der Waals surface area contributed by atoms with Gasteiger partial charge in [0.2, 0.25) is 5.91 Å². The number of para-hydroxylation sites is 1. The average Bonchev–Trinajstić information content (AvgIpc) is 3.21. The number of furan rings is 1. The molecule has 31 heavy (non-hydrogen) atoms. The number of carbonyl (C=O) groups is 2. The molecule has 1 aromatic heterocycles. The van der Waals surface area contributed by atoms with Crippen LogP contribution in [0.3, 0.4) is 0 Å². The topological polar surface area (TPSA) is 74.6 Å². The average molecular weight is 413 g/mol. The highest BCUT2D eigenvalue weighted by atomic mass is 16.3. The SMILES string of the molecule is O=C(Cc1coc2ccc3ccccc3c12)NNC(=O)CN1CCCc2ccccc21. The van der Waals surface area contributed by atoms with Crippen LogP contribution < -0.4 is 15.8 Å². The second-order valence-corrected chi connectivity index (χ2v) is 7.85. The summed E-state index contributed by atoms with van der Waals surface area (Å²) in [6.45, 7) is 1.03. The molecule has 4 aromatic rings. The molecule has 0 unspecified atom stereocenters. The second kappa shape index (κ2) is 8.14. The molecule has 0 aliphatic carbocycles. The van der Waals surface area contributed by atoms with Crippen LogP contribution in [0.15, 0.2) is 71.3 Å². The molecule has 6 nitrogen and oxygen atoms in total. The predicted octanol–water partition coefficient (Wildman–Crippen LogP) is 3.73. The minimum absolute atomic E-state index is 0.119. The number of hydrazine groups is 1. The van der Waals surface area contributed by atoms with Gasteiger partial charge in [-0.1, -0.05) is 48.5 Å². The third kappa shape index (κ3) is 3.84. The summed E-state index contributed by atoms with van der Waals surface area (Å²) < 4.78 is 5.64. The second-order valence-electron chi connectivity index (χ2n) is 7.85. The van der Waals surface area contributed by atoms with Crippen molar-refractivity contribution in [2.45, 2.75) is 19.3 Å². The van der Waals surface area contributed by atoms with E-state index in [2.05, 4.69) is 21.8 Å². The van der Waals surface area contributed by atoms with Gasteiger partial charge in [0.1, 0.15) is 5.58 Å². The lowest BCUT2D eigenvalue weighted by Crippen LogP contribution is -2.47. The van der Waals surface area contributed by atoms with E-state index in [-0.39, 0.29) is 24.8 Å². The van der Waals surface area contributed by atoms with Crippen LogP contribution in [0.2, 0.25) is 0 Å². The van der Waals surface area contributed by atoms with Crippen molar-refractivity contribution in [2.75, 3.05) is 18.0 Å². The molecule has 0 spiro atoms. The normalized spacial score (nSPS) is 13.2. The summed E-state index contributed by atoms with van der Waals surface area (Å²) >= 11 is 0. The molecule has 1 aliphatic rings. The maximum absolute atomic E-state index is 12.5. The van der Waals surface area contributed by atoms with Crippen molar-refractivity contribution in [2.24, 2.45) is 0 Å². The number of rotatable bonds is 4. The Labute approximate surface area is 179 Å². The number of benzene rings is 3. The first-order chi connectivity index (χ1) is 15.2. The van der Waals surface area contributed by atoms with Gasteiger partial charge < -0.3 is 9.32 Å². The predicted molar refractivity (Wildman–Crippen MR) is 121 cm³/mol. The van der Waals surface area contributed by atoms with E-state index in [1.807, 2.05) is 54.6 Å².